The molecule has 172 valence electrons. The Morgan fingerprint density at radius 1 is 0.857 bits per heavy atom. The minimum absolute atomic E-state index is 0.138. The lowest BCUT2D eigenvalue weighted by Crippen LogP contribution is -2.16. The predicted octanol–water partition coefficient (Wildman–Crippen LogP) is 5.32. The number of benzene rings is 3. The van der Waals surface area contributed by atoms with Crippen molar-refractivity contribution >= 4 is 11.5 Å². The molecule has 2 heterocycles. The number of anilines is 1. The third-order valence-corrected chi connectivity index (χ3v) is 5.54. The van der Waals surface area contributed by atoms with Crippen LogP contribution in [0.25, 0.3) is 22.5 Å². The summed E-state index contributed by atoms with van der Waals surface area (Å²) >= 11 is 0. The molecule has 5 rings (SSSR count). The van der Waals surface area contributed by atoms with Crippen molar-refractivity contribution in [1.29, 1.82) is 5.41 Å². The minimum Gasteiger partial charge on any atom is -0.457 e. The first-order valence-electron chi connectivity index (χ1n) is 11.1. The van der Waals surface area contributed by atoms with Crippen LogP contribution in [0.3, 0.4) is 0 Å². The van der Waals surface area contributed by atoms with Gasteiger partial charge in [0.15, 0.2) is 0 Å². The van der Waals surface area contributed by atoms with Crippen molar-refractivity contribution in [1.82, 2.24) is 14.8 Å². The molecule has 3 aromatic carbocycles. The van der Waals surface area contributed by atoms with Gasteiger partial charge in [0.2, 0.25) is 0 Å². The molecule has 0 radical (unpaired) electrons. The van der Waals surface area contributed by atoms with Crippen LogP contribution in [0.4, 0.5) is 5.69 Å². The van der Waals surface area contributed by atoms with Gasteiger partial charge in [0, 0.05) is 23.0 Å². The van der Waals surface area contributed by atoms with Gasteiger partial charge in [-0.1, -0.05) is 48.5 Å². The van der Waals surface area contributed by atoms with Crippen molar-refractivity contribution in [3.05, 3.63) is 115 Å². The van der Waals surface area contributed by atoms with Gasteiger partial charge in [0.1, 0.15) is 17.3 Å². The van der Waals surface area contributed by atoms with Gasteiger partial charge in [-0.3, -0.25) is 10.1 Å². The summed E-state index contributed by atoms with van der Waals surface area (Å²) in [4.78, 5) is 4.83. The molecular weight excluding hydrogens is 436 g/mol. The molecule has 0 saturated carbocycles. The fourth-order valence-corrected chi connectivity index (χ4v) is 3.86. The van der Waals surface area contributed by atoms with E-state index < -0.39 is 0 Å². The molecule has 0 atom stereocenters. The highest BCUT2D eigenvalue weighted by Gasteiger charge is 2.17. The van der Waals surface area contributed by atoms with Gasteiger partial charge in [-0.2, -0.15) is 5.10 Å². The molecule has 0 aliphatic carbocycles. The number of nitrogens with one attached hydrogen (secondary N) is 1. The summed E-state index contributed by atoms with van der Waals surface area (Å²) in [5, 5.41) is 12.6. The summed E-state index contributed by atoms with van der Waals surface area (Å²) in [5.41, 5.74) is 17.0. The maximum atomic E-state index is 8.08. The lowest BCUT2D eigenvalue weighted by molar-refractivity contribution is 0.483. The van der Waals surface area contributed by atoms with Gasteiger partial charge in [0.25, 0.3) is 0 Å². The van der Waals surface area contributed by atoms with Crippen molar-refractivity contribution in [2.75, 3.05) is 5.73 Å². The second kappa shape index (κ2) is 9.52. The lowest BCUT2D eigenvalue weighted by Gasteiger charge is -2.13. The largest absolute Gasteiger partial charge is 0.457 e. The average molecular weight is 461 g/mol. The van der Waals surface area contributed by atoms with E-state index in [1.807, 2.05) is 83.7 Å². The second-order valence-corrected chi connectivity index (χ2v) is 8.09. The molecule has 0 unspecified atom stereocenters. The number of ether oxygens (including phenoxy) is 1. The minimum atomic E-state index is -0.138. The molecular formula is C28H24N6O. The van der Waals surface area contributed by atoms with Crippen LogP contribution in [-0.4, -0.2) is 20.6 Å². The molecule has 0 aliphatic rings. The van der Waals surface area contributed by atoms with Crippen molar-refractivity contribution in [2.24, 2.45) is 5.73 Å². The van der Waals surface area contributed by atoms with E-state index in [0.717, 1.165) is 22.4 Å². The first-order valence-corrected chi connectivity index (χ1v) is 11.1. The fourth-order valence-electron chi connectivity index (χ4n) is 3.86. The van der Waals surface area contributed by atoms with E-state index in [4.69, 9.17) is 26.6 Å². The standard InChI is InChI=1S/C28H24N6O/c29-24-15-25(21-16-32-34(18-21)17-19-7-3-1-4-8-19)33-27(26(24)28(30)31)20-11-13-23(14-12-20)35-22-9-5-2-6-10-22/h1-16,18H,17H2,(H2,29,33)(H3,30,31). The highest BCUT2D eigenvalue weighted by atomic mass is 16.5. The van der Waals surface area contributed by atoms with Crippen LogP contribution >= 0.6 is 0 Å². The van der Waals surface area contributed by atoms with Crippen LogP contribution in [-0.2, 0) is 6.54 Å². The summed E-state index contributed by atoms with van der Waals surface area (Å²) in [7, 11) is 0. The number of amidine groups is 1. The van der Waals surface area contributed by atoms with E-state index in [0.29, 0.717) is 34.9 Å². The van der Waals surface area contributed by atoms with E-state index in [-0.39, 0.29) is 5.84 Å². The van der Waals surface area contributed by atoms with Gasteiger partial charge in [-0.25, -0.2) is 4.98 Å². The number of hydrogen-bond donors (Lipinski definition) is 3. The summed E-state index contributed by atoms with van der Waals surface area (Å²) in [6.07, 6.45) is 3.70. The Hall–Kier alpha value is -4.91. The number of aromatic nitrogens is 3. The highest BCUT2D eigenvalue weighted by Crippen LogP contribution is 2.32. The molecule has 7 nitrogen and oxygen atoms in total. The maximum Gasteiger partial charge on any atom is 0.127 e. The van der Waals surface area contributed by atoms with Crippen LogP contribution in [0.15, 0.2) is 103 Å². The first kappa shape index (κ1) is 21.9. The maximum absolute atomic E-state index is 8.08. The topological polar surface area (TPSA) is 116 Å². The number of nitrogens with zero attached hydrogens (tertiary/aromatic N) is 3. The Morgan fingerprint density at radius 3 is 2.20 bits per heavy atom. The number of nitrogens with two attached hydrogens (primary N) is 2. The number of pyridine rings is 1. The number of rotatable bonds is 7. The van der Waals surface area contributed by atoms with Gasteiger partial charge < -0.3 is 16.2 Å². The van der Waals surface area contributed by atoms with E-state index >= 15 is 0 Å². The molecule has 0 bridgehead atoms. The summed E-state index contributed by atoms with van der Waals surface area (Å²) in [6.45, 7) is 0.650. The Bertz CT molecular complexity index is 1460. The fraction of sp³-hybridized carbons (Fsp3) is 0.0357. The van der Waals surface area contributed by atoms with E-state index in [1.165, 1.54) is 0 Å². The number of hydrogen-bond acceptors (Lipinski definition) is 5. The van der Waals surface area contributed by atoms with Gasteiger partial charge in [-0.15, -0.1) is 0 Å². The molecule has 2 aromatic heterocycles. The molecule has 5 aromatic rings. The molecule has 7 heteroatoms. The van der Waals surface area contributed by atoms with Crippen molar-refractivity contribution < 1.29 is 4.74 Å². The Balaban J connectivity index is 1.47. The first-order chi connectivity index (χ1) is 17.1. The third-order valence-electron chi connectivity index (χ3n) is 5.54. The van der Waals surface area contributed by atoms with Crippen molar-refractivity contribution in [3.8, 4) is 34.0 Å². The van der Waals surface area contributed by atoms with Crippen LogP contribution in [0.1, 0.15) is 11.1 Å². The molecule has 35 heavy (non-hydrogen) atoms. The summed E-state index contributed by atoms with van der Waals surface area (Å²) in [6, 6.07) is 28.9. The monoisotopic (exact) mass is 460 g/mol. The van der Waals surface area contributed by atoms with Crippen LogP contribution in [0.5, 0.6) is 11.5 Å². The Morgan fingerprint density at radius 2 is 1.51 bits per heavy atom. The molecule has 5 N–H and O–H groups in total. The summed E-state index contributed by atoms with van der Waals surface area (Å²) < 4.78 is 7.75. The van der Waals surface area contributed by atoms with Crippen molar-refractivity contribution in [2.45, 2.75) is 6.54 Å². The smallest absolute Gasteiger partial charge is 0.127 e. The molecule has 0 saturated heterocycles. The quantitative estimate of drug-likeness (QED) is 0.225. The summed E-state index contributed by atoms with van der Waals surface area (Å²) in [5.74, 6) is 1.30. The van der Waals surface area contributed by atoms with Gasteiger partial charge >= 0.3 is 0 Å². The van der Waals surface area contributed by atoms with Gasteiger partial charge in [0.05, 0.1) is 29.7 Å². The zero-order valence-corrected chi connectivity index (χ0v) is 18.9. The SMILES string of the molecule is N=C(N)c1c(N)cc(-c2cnn(Cc3ccccc3)c2)nc1-c1ccc(Oc2ccccc2)cc1. The normalized spacial score (nSPS) is 10.7. The zero-order chi connectivity index (χ0) is 24.2. The van der Waals surface area contributed by atoms with E-state index in [9.17, 15) is 0 Å². The molecule has 0 fully saturated rings. The second-order valence-electron chi connectivity index (χ2n) is 8.09. The highest BCUT2D eigenvalue weighted by molar-refractivity contribution is 6.05. The lowest BCUT2D eigenvalue weighted by atomic mass is 10.0. The predicted molar refractivity (Wildman–Crippen MR) is 138 cm³/mol. The Kier molecular flexibility index (Phi) is 5.96. The van der Waals surface area contributed by atoms with Crippen LogP contribution < -0.4 is 16.2 Å². The third kappa shape index (κ3) is 4.89. The van der Waals surface area contributed by atoms with E-state index in [1.54, 1.807) is 12.3 Å². The Labute approximate surface area is 203 Å². The van der Waals surface area contributed by atoms with E-state index in [2.05, 4.69) is 17.2 Å². The van der Waals surface area contributed by atoms with Crippen molar-refractivity contribution in [3.63, 3.8) is 0 Å². The number of nitrogen functional groups attached to an aromatic ring is 2. The van der Waals surface area contributed by atoms with Gasteiger partial charge in [-0.05, 0) is 48.0 Å². The zero-order valence-electron chi connectivity index (χ0n) is 18.9. The molecule has 0 aliphatic heterocycles. The number of para-hydroxylation sites is 1. The molecule has 0 amide bonds. The molecule has 0 spiro atoms. The average Bonchev–Trinajstić information content (AvgIpc) is 3.33. The van der Waals surface area contributed by atoms with Crippen LogP contribution in [0, 0.1) is 5.41 Å². The van der Waals surface area contributed by atoms with Crippen LogP contribution in [0.2, 0.25) is 0 Å².